The highest BCUT2D eigenvalue weighted by atomic mass is 32.1. The third-order valence-corrected chi connectivity index (χ3v) is 4.92. The van der Waals surface area contributed by atoms with Crippen LogP contribution in [0, 0.1) is 0 Å². The van der Waals surface area contributed by atoms with Gasteiger partial charge in [-0.05, 0) is 36.6 Å². The van der Waals surface area contributed by atoms with E-state index in [4.69, 9.17) is 12.2 Å². The Hall–Kier alpha value is -2.50. The Bertz CT molecular complexity index is 758. The van der Waals surface area contributed by atoms with Crippen LogP contribution in [0.15, 0.2) is 66.7 Å². The fourth-order valence-corrected chi connectivity index (χ4v) is 2.77. The van der Waals surface area contributed by atoms with E-state index in [-0.39, 0.29) is 5.91 Å². The molecule has 0 atom stereocenters. The number of carbonyl (C=O) groups is 1. The highest BCUT2D eigenvalue weighted by molar-refractivity contribution is 7.80. The average molecular weight is 383 g/mol. The molecule has 0 aliphatic rings. The number of unbranched alkanes of at least 4 members (excludes halogenated alkanes) is 1. The number of nitrogens with zero attached hydrogens (tertiary/aromatic N) is 1. The molecule has 0 spiro atoms. The van der Waals surface area contributed by atoms with Crippen molar-refractivity contribution >= 4 is 35.0 Å². The van der Waals surface area contributed by atoms with Gasteiger partial charge in [-0.25, -0.2) is 4.48 Å². The minimum atomic E-state index is -0.0655. The van der Waals surface area contributed by atoms with Gasteiger partial charge in [-0.3, -0.25) is 4.79 Å². The third kappa shape index (κ3) is 6.96. The van der Waals surface area contributed by atoms with Crippen molar-refractivity contribution in [3.8, 4) is 0 Å². The number of quaternary nitrogens is 1. The molecule has 4 nitrogen and oxygen atoms in total. The maximum atomic E-state index is 11.8. The summed E-state index contributed by atoms with van der Waals surface area (Å²) in [4.78, 5) is 11.8. The van der Waals surface area contributed by atoms with Crippen LogP contribution >= 0.6 is 12.2 Å². The second kappa shape index (κ2) is 10.6. The fourth-order valence-electron chi connectivity index (χ4n) is 2.57. The van der Waals surface area contributed by atoms with Gasteiger partial charge in [0.2, 0.25) is 5.91 Å². The first-order valence-electron chi connectivity index (χ1n) is 9.19. The summed E-state index contributed by atoms with van der Waals surface area (Å²) in [5.41, 5.74) is 2.16. The lowest BCUT2D eigenvalue weighted by molar-refractivity contribution is -0.116. The highest BCUT2D eigenvalue weighted by Gasteiger charge is 2.24. The van der Waals surface area contributed by atoms with Crippen LogP contribution in [-0.2, 0) is 4.79 Å². The summed E-state index contributed by atoms with van der Waals surface area (Å²) >= 11 is 5.55. The van der Waals surface area contributed by atoms with Gasteiger partial charge < -0.3 is 10.6 Å². The van der Waals surface area contributed by atoms with Gasteiger partial charge in [0, 0.05) is 31.4 Å². The molecule has 0 aliphatic carbocycles. The lowest BCUT2D eigenvalue weighted by Crippen LogP contribution is -2.52. The van der Waals surface area contributed by atoms with Gasteiger partial charge in [0.15, 0.2) is 0 Å². The van der Waals surface area contributed by atoms with Gasteiger partial charge in [0.05, 0.1) is 14.1 Å². The van der Waals surface area contributed by atoms with Crippen LogP contribution in [0.2, 0.25) is 0 Å². The average Bonchev–Trinajstić information content (AvgIpc) is 2.70. The standard InChI is InChI=1S/C22H27N3OS/c1-25(2,20-13-7-4-8-14-20)22(27)24-18-10-9-17-23-21(26)16-15-19-11-5-3-6-12-19/h3-8,11-16H,9-10,17-18H2,1-2H3,(H-,23,24,26,27)/p+1. The van der Waals surface area contributed by atoms with E-state index in [1.807, 2.05) is 54.6 Å². The van der Waals surface area contributed by atoms with Gasteiger partial charge in [-0.1, -0.05) is 48.5 Å². The number of hydrogen-bond acceptors (Lipinski definition) is 2. The lowest BCUT2D eigenvalue weighted by atomic mass is 10.2. The summed E-state index contributed by atoms with van der Waals surface area (Å²) in [6, 6.07) is 20.0. The minimum Gasteiger partial charge on any atom is -0.353 e. The van der Waals surface area contributed by atoms with Gasteiger partial charge in [-0.15, -0.1) is 0 Å². The highest BCUT2D eigenvalue weighted by Crippen LogP contribution is 2.18. The molecule has 27 heavy (non-hydrogen) atoms. The van der Waals surface area contributed by atoms with Crippen LogP contribution in [0.3, 0.4) is 0 Å². The van der Waals surface area contributed by atoms with Crippen LogP contribution in [0.5, 0.6) is 0 Å². The van der Waals surface area contributed by atoms with Crippen LogP contribution in [0.25, 0.3) is 6.08 Å². The van der Waals surface area contributed by atoms with Crippen molar-refractivity contribution < 1.29 is 4.79 Å². The SMILES string of the molecule is C[N+](C)(C(=S)NCCCCNC(=O)C=Cc1ccccc1)c1ccccc1. The molecule has 1 amide bonds. The number of rotatable bonds is 8. The number of hydrogen-bond donors (Lipinski definition) is 2. The van der Waals surface area contributed by atoms with E-state index in [2.05, 4.69) is 36.9 Å². The number of amides is 1. The molecular weight excluding hydrogens is 354 g/mol. The van der Waals surface area contributed by atoms with E-state index in [1.54, 1.807) is 6.08 Å². The predicted octanol–water partition coefficient (Wildman–Crippen LogP) is 3.74. The molecule has 0 aromatic heterocycles. The molecule has 2 rings (SSSR count). The summed E-state index contributed by atoms with van der Waals surface area (Å²) in [7, 11) is 4.15. The Morgan fingerprint density at radius 1 is 0.926 bits per heavy atom. The molecule has 0 bridgehead atoms. The van der Waals surface area contributed by atoms with Gasteiger partial charge in [0.25, 0.3) is 5.11 Å². The normalized spacial score (nSPS) is 11.3. The molecule has 2 N–H and O–H groups in total. The van der Waals surface area contributed by atoms with E-state index in [0.29, 0.717) is 11.0 Å². The van der Waals surface area contributed by atoms with E-state index in [0.717, 1.165) is 35.7 Å². The molecule has 5 heteroatoms. The summed E-state index contributed by atoms with van der Waals surface area (Å²) < 4.78 is 0.525. The number of nitrogens with one attached hydrogen (secondary N) is 2. The molecule has 0 aliphatic heterocycles. The first-order valence-corrected chi connectivity index (χ1v) is 9.60. The van der Waals surface area contributed by atoms with Crippen molar-refractivity contribution in [3.63, 3.8) is 0 Å². The Balaban J connectivity index is 1.62. The van der Waals surface area contributed by atoms with Crippen molar-refractivity contribution in [3.05, 3.63) is 72.3 Å². The van der Waals surface area contributed by atoms with Gasteiger partial charge in [0.1, 0.15) is 5.69 Å². The molecule has 2 aromatic rings. The van der Waals surface area contributed by atoms with Gasteiger partial charge >= 0.3 is 0 Å². The summed E-state index contributed by atoms with van der Waals surface area (Å²) in [5, 5.41) is 7.03. The van der Waals surface area contributed by atoms with Crippen molar-refractivity contribution in [1.82, 2.24) is 15.1 Å². The van der Waals surface area contributed by atoms with E-state index >= 15 is 0 Å². The van der Waals surface area contributed by atoms with E-state index < -0.39 is 0 Å². The molecule has 0 unspecified atom stereocenters. The number of carbonyl (C=O) groups excluding carboxylic acids is 1. The Morgan fingerprint density at radius 3 is 2.11 bits per heavy atom. The Morgan fingerprint density at radius 2 is 1.48 bits per heavy atom. The van der Waals surface area contributed by atoms with Crippen molar-refractivity contribution in [2.75, 3.05) is 27.2 Å². The maximum absolute atomic E-state index is 11.8. The fraction of sp³-hybridized carbons (Fsp3) is 0.273. The minimum absolute atomic E-state index is 0.0655. The van der Waals surface area contributed by atoms with E-state index in [9.17, 15) is 4.79 Å². The summed E-state index contributed by atoms with van der Waals surface area (Å²) in [6.45, 7) is 1.45. The molecule has 0 radical (unpaired) electrons. The zero-order valence-corrected chi connectivity index (χ0v) is 16.8. The maximum Gasteiger partial charge on any atom is 0.274 e. The van der Waals surface area contributed by atoms with Crippen LogP contribution in [0.4, 0.5) is 5.69 Å². The largest absolute Gasteiger partial charge is 0.353 e. The zero-order valence-electron chi connectivity index (χ0n) is 16.0. The monoisotopic (exact) mass is 382 g/mol. The molecule has 0 saturated carbocycles. The molecule has 142 valence electrons. The molecule has 0 heterocycles. The topological polar surface area (TPSA) is 41.1 Å². The Labute approximate surface area is 167 Å². The van der Waals surface area contributed by atoms with Gasteiger partial charge in [-0.2, -0.15) is 0 Å². The number of para-hydroxylation sites is 1. The predicted molar refractivity (Wildman–Crippen MR) is 118 cm³/mol. The first-order chi connectivity index (χ1) is 13.0. The smallest absolute Gasteiger partial charge is 0.274 e. The molecule has 2 aromatic carbocycles. The summed E-state index contributed by atoms with van der Waals surface area (Å²) in [5.74, 6) is -0.0655. The second-order valence-electron chi connectivity index (χ2n) is 6.76. The van der Waals surface area contributed by atoms with Crippen molar-refractivity contribution in [2.24, 2.45) is 0 Å². The number of thiocarbonyl (C=S) groups is 1. The quantitative estimate of drug-likeness (QED) is 0.316. The Kier molecular flexibility index (Phi) is 8.17. The van der Waals surface area contributed by atoms with Crippen LogP contribution < -0.4 is 15.1 Å². The molecular formula is C22H28N3OS+. The van der Waals surface area contributed by atoms with Crippen LogP contribution in [0.1, 0.15) is 18.4 Å². The second-order valence-corrected chi connectivity index (χ2v) is 7.15. The van der Waals surface area contributed by atoms with Crippen molar-refractivity contribution in [2.45, 2.75) is 12.8 Å². The number of benzene rings is 2. The first kappa shape index (κ1) is 20.8. The molecule has 0 fully saturated rings. The zero-order chi connectivity index (χ0) is 19.5. The lowest BCUT2D eigenvalue weighted by Gasteiger charge is -2.29. The van der Waals surface area contributed by atoms with Crippen LogP contribution in [-0.4, -0.2) is 38.2 Å². The van der Waals surface area contributed by atoms with Crippen molar-refractivity contribution in [1.29, 1.82) is 0 Å². The van der Waals surface area contributed by atoms with E-state index in [1.165, 1.54) is 0 Å². The molecule has 0 saturated heterocycles. The summed E-state index contributed by atoms with van der Waals surface area (Å²) in [6.07, 6.45) is 5.23. The third-order valence-electron chi connectivity index (χ3n) is 4.32.